The van der Waals surface area contributed by atoms with Crippen LogP contribution in [0.4, 0.5) is 5.69 Å². The molecule has 0 aliphatic heterocycles. The third-order valence-corrected chi connectivity index (χ3v) is 3.35. The Morgan fingerprint density at radius 3 is 2.56 bits per heavy atom. The maximum Gasteiger partial charge on any atom is 0.0418 e. The minimum Gasteiger partial charge on any atom is -0.381 e. The normalized spacial score (nSPS) is 10.4. The average Bonchev–Trinajstić information content (AvgIpc) is 2.38. The third kappa shape index (κ3) is 2.89. The maximum absolute atomic E-state index is 4.16. The molecule has 2 heteroatoms. The molecule has 0 aliphatic carbocycles. The SMILES string of the molecule is CCc1ccc(NCc2cnccc2C)cc1C. The van der Waals surface area contributed by atoms with Gasteiger partial charge in [0.25, 0.3) is 0 Å². The van der Waals surface area contributed by atoms with Crippen molar-refractivity contribution in [1.82, 2.24) is 4.98 Å². The number of nitrogens with one attached hydrogen (secondary N) is 1. The Kier molecular flexibility index (Phi) is 3.98. The number of anilines is 1. The Bertz CT molecular complexity index is 532. The van der Waals surface area contributed by atoms with Crippen molar-refractivity contribution in [3.05, 3.63) is 58.9 Å². The molecule has 0 saturated carbocycles. The van der Waals surface area contributed by atoms with Crippen LogP contribution in [0.1, 0.15) is 29.2 Å². The van der Waals surface area contributed by atoms with E-state index in [-0.39, 0.29) is 0 Å². The van der Waals surface area contributed by atoms with Gasteiger partial charge in [-0.1, -0.05) is 13.0 Å². The molecule has 0 amide bonds. The van der Waals surface area contributed by atoms with Gasteiger partial charge in [-0.2, -0.15) is 0 Å². The lowest BCUT2D eigenvalue weighted by Gasteiger charge is -2.11. The number of aryl methyl sites for hydroxylation is 3. The van der Waals surface area contributed by atoms with Crippen LogP contribution >= 0.6 is 0 Å². The molecule has 0 fully saturated rings. The van der Waals surface area contributed by atoms with E-state index in [0.29, 0.717) is 0 Å². The molecule has 0 bridgehead atoms. The number of rotatable bonds is 4. The van der Waals surface area contributed by atoms with Crippen LogP contribution in [0.25, 0.3) is 0 Å². The molecule has 1 aromatic heterocycles. The van der Waals surface area contributed by atoms with Crippen molar-refractivity contribution >= 4 is 5.69 Å². The summed E-state index contributed by atoms with van der Waals surface area (Å²) in [5, 5.41) is 3.45. The fraction of sp³-hybridized carbons (Fsp3) is 0.312. The Labute approximate surface area is 109 Å². The summed E-state index contributed by atoms with van der Waals surface area (Å²) >= 11 is 0. The van der Waals surface area contributed by atoms with E-state index < -0.39 is 0 Å². The molecule has 94 valence electrons. The molecule has 1 N–H and O–H groups in total. The van der Waals surface area contributed by atoms with Gasteiger partial charge in [0, 0.05) is 24.6 Å². The van der Waals surface area contributed by atoms with Crippen LogP contribution in [0.15, 0.2) is 36.7 Å². The highest BCUT2D eigenvalue weighted by Gasteiger charge is 2.00. The minimum absolute atomic E-state index is 0.824. The lowest BCUT2D eigenvalue weighted by Crippen LogP contribution is -2.02. The second-order valence-corrected chi connectivity index (χ2v) is 4.65. The van der Waals surface area contributed by atoms with Crippen molar-refractivity contribution in [1.29, 1.82) is 0 Å². The predicted octanol–water partition coefficient (Wildman–Crippen LogP) is 3.87. The second-order valence-electron chi connectivity index (χ2n) is 4.65. The van der Waals surface area contributed by atoms with E-state index in [0.717, 1.165) is 13.0 Å². The minimum atomic E-state index is 0.824. The smallest absolute Gasteiger partial charge is 0.0418 e. The van der Waals surface area contributed by atoms with E-state index in [1.807, 2.05) is 18.5 Å². The van der Waals surface area contributed by atoms with Crippen LogP contribution in [0.2, 0.25) is 0 Å². The first-order chi connectivity index (χ1) is 8.70. The van der Waals surface area contributed by atoms with Gasteiger partial charge >= 0.3 is 0 Å². The standard InChI is InChI=1S/C16H20N2/c1-4-14-5-6-16(9-13(14)3)18-11-15-10-17-8-7-12(15)2/h5-10,18H,4,11H2,1-3H3. The Balaban J connectivity index is 2.07. The number of hydrogen-bond acceptors (Lipinski definition) is 2. The van der Waals surface area contributed by atoms with Crippen LogP contribution in [0.3, 0.4) is 0 Å². The van der Waals surface area contributed by atoms with Gasteiger partial charge in [-0.3, -0.25) is 4.98 Å². The van der Waals surface area contributed by atoms with Crippen molar-refractivity contribution in [2.75, 3.05) is 5.32 Å². The molecule has 0 spiro atoms. The maximum atomic E-state index is 4.16. The number of hydrogen-bond donors (Lipinski definition) is 1. The first-order valence-electron chi connectivity index (χ1n) is 6.43. The predicted molar refractivity (Wildman–Crippen MR) is 76.9 cm³/mol. The van der Waals surface area contributed by atoms with Gasteiger partial charge in [-0.05, 0) is 60.7 Å². The number of benzene rings is 1. The third-order valence-electron chi connectivity index (χ3n) is 3.35. The number of pyridine rings is 1. The van der Waals surface area contributed by atoms with Crippen molar-refractivity contribution in [2.45, 2.75) is 33.7 Å². The summed E-state index contributed by atoms with van der Waals surface area (Å²) in [5.74, 6) is 0. The second kappa shape index (κ2) is 5.67. The Morgan fingerprint density at radius 1 is 1.06 bits per heavy atom. The molecule has 2 nitrogen and oxygen atoms in total. The molecule has 18 heavy (non-hydrogen) atoms. The Morgan fingerprint density at radius 2 is 1.89 bits per heavy atom. The molecule has 2 rings (SSSR count). The van der Waals surface area contributed by atoms with Crippen LogP contribution in [-0.4, -0.2) is 4.98 Å². The van der Waals surface area contributed by atoms with E-state index in [4.69, 9.17) is 0 Å². The molecule has 0 atom stereocenters. The van der Waals surface area contributed by atoms with Crippen LogP contribution in [-0.2, 0) is 13.0 Å². The van der Waals surface area contributed by atoms with Crippen molar-refractivity contribution in [3.63, 3.8) is 0 Å². The summed E-state index contributed by atoms with van der Waals surface area (Å²) in [7, 11) is 0. The summed E-state index contributed by atoms with van der Waals surface area (Å²) in [5.41, 5.74) is 6.46. The molecular formula is C16H20N2. The van der Waals surface area contributed by atoms with Gasteiger partial charge in [0.2, 0.25) is 0 Å². The summed E-state index contributed by atoms with van der Waals surface area (Å²) in [6.45, 7) is 7.29. The monoisotopic (exact) mass is 240 g/mol. The van der Waals surface area contributed by atoms with Gasteiger partial charge in [-0.15, -0.1) is 0 Å². The van der Waals surface area contributed by atoms with Crippen molar-refractivity contribution in [3.8, 4) is 0 Å². The van der Waals surface area contributed by atoms with Crippen LogP contribution < -0.4 is 5.32 Å². The van der Waals surface area contributed by atoms with E-state index in [1.54, 1.807) is 0 Å². The van der Waals surface area contributed by atoms with Crippen molar-refractivity contribution < 1.29 is 0 Å². The highest BCUT2D eigenvalue weighted by Crippen LogP contribution is 2.17. The topological polar surface area (TPSA) is 24.9 Å². The van der Waals surface area contributed by atoms with E-state index >= 15 is 0 Å². The molecule has 2 aromatic rings. The highest BCUT2D eigenvalue weighted by atomic mass is 14.9. The zero-order valence-corrected chi connectivity index (χ0v) is 11.3. The van der Waals surface area contributed by atoms with E-state index in [1.165, 1.54) is 27.9 Å². The summed E-state index contributed by atoms with van der Waals surface area (Å²) in [6.07, 6.45) is 4.85. The number of nitrogens with zero attached hydrogens (tertiary/aromatic N) is 1. The molecule has 0 saturated heterocycles. The van der Waals surface area contributed by atoms with E-state index in [9.17, 15) is 0 Å². The molecule has 1 heterocycles. The lowest BCUT2D eigenvalue weighted by molar-refractivity contribution is 1.07. The van der Waals surface area contributed by atoms with Gasteiger partial charge in [0.15, 0.2) is 0 Å². The quantitative estimate of drug-likeness (QED) is 0.877. The zero-order valence-electron chi connectivity index (χ0n) is 11.3. The average molecular weight is 240 g/mol. The van der Waals surface area contributed by atoms with Crippen molar-refractivity contribution in [2.24, 2.45) is 0 Å². The van der Waals surface area contributed by atoms with Gasteiger partial charge in [0.1, 0.15) is 0 Å². The molecule has 0 aliphatic rings. The number of aromatic nitrogens is 1. The molecular weight excluding hydrogens is 220 g/mol. The molecule has 0 unspecified atom stereocenters. The largest absolute Gasteiger partial charge is 0.381 e. The van der Waals surface area contributed by atoms with Crippen LogP contribution in [0.5, 0.6) is 0 Å². The molecule has 1 aromatic carbocycles. The first-order valence-corrected chi connectivity index (χ1v) is 6.43. The highest BCUT2D eigenvalue weighted by molar-refractivity contribution is 5.49. The fourth-order valence-corrected chi connectivity index (χ4v) is 2.08. The van der Waals surface area contributed by atoms with Gasteiger partial charge in [-0.25, -0.2) is 0 Å². The summed E-state index contributed by atoms with van der Waals surface area (Å²) < 4.78 is 0. The van der Waals surface area contributed by atoms with Gasteiger partial charge < -0.3 is 5.32 Å². The first kappa shape index (κ1) is 12.6. The van der Waals surface area contributed by atoms with Gasteiger partial charge in [0.05, 0.1) is 0 Å². The Hall–Kier alpha value is -1.83. The summed E-state index contributed by atoms with van der Waals surface area (Å²) in [6, 6.07) is 8.61. The molecule has 0 radical (unpaired) electrons. The van der Waals surface area contributed by atoms with E-state index in [2.05, 4.69) is 49.3 Å². The zero-order chi connectivity index (χ0) is 13.0. The van der Waals surface area contributed by atoms with Crippen LogP contribution in [0, 0.1) is 13.8 Å². The summed E-state index contributed by atoms with van der Waals surface area (Å²) in [4.78, 5) is 4.16. The lowest BCUT2D eigenvalue weighted by atomic mass is 10.1. The fourth-order valence-electron chi connectivity index (χ4n) is 2.08.